The maximum atomic E-state index is 11.3. The molecule has 0 saturated heterocycles. The highest BCUT2D eigenvalue weighted by atomic mass is 16.5. The summed E-state index contributed by atoms with van der Waals surface area (Å²) < 4.78 is 6.23. The zero-order valence-electron chi connectivity index (χ0n) is 13.2. The van der Waals surface area contributed by atoms with E-state index in [1.165, 1.54) is 12.7 Å². The molecule has 7 heteroatoms. The highest BCUT2D eigenvalue weighted by Crippen LogP contribution is 2.19. The van der Waals surface area contributed by atoms with Gasteiger partial charge < -0.3 is 10.1 Å². The first-order valence-electron chi connectivity index (χ1n) is 7.19. The van der Waals surface area contributed by atoms with E-state index in [0.29, 0.717) is 17.4 Å². The van der Waals surface area contributed by atoms with Gasteiger partial charge >= 0.3 is 5.97 Å². The maximum absolute atomic E-state index is 11.3. The molecule has 118 valence electrons. The topological polar surface area (TPSA) is 81.4 Å². The number of nitrogens with zero attached hydrogens (tertiary/aromatic N) is 4. The van der Waals surface area contributed by atoms with E-state index in [9.17, 15) is 4.79 Å². The van der Waals surface area contributed by atoms with Crippen molar-refractivity contribution in [1.82, 2.24) is 19.6 Å². The van der Waals surface area contributed by atoms with Gasteiger partial charge in [0.15, 0.2) is 5.82 Å². The third-order valence-electron chi connectivity index (χ3n) is 3.39. The first-order valence-corrected chi connectivity index (χ1v) is 7.19. The summed E-state index contributed by atoms with van der Waals surface area (Å²) in [6.45, 7) is 3.94. The van der Waals surface area contributed by atoms with Crippen LogP contribution in [-0.2, 0) is 9.53 Å². The number of esters is 1. The van der Waals surface area contributed by atoms with Crippen LogP contribution in [0.2, 0.25) is 0 Å². The second-order valence-electron chi connectivity index (χ2n) is 5.23. The number of methoxy groups -OCH3 is 1. The molecule has 0 aliphatic heterocycles. The van der Waals surface area contributed by atoms with Crippen LogP contribution in [0.15, 0.2) is 30.3 Å². The first kappa shape index (κ1) is 15.0. The van der Waals surface area contributed by atoms with Crippen molar-refractivity contribution in [1.29, 1.82) is 0 Å². The van der Waals surface area contributed by atoms with Gasteiger partial charge in [-0.2, -0.15) is 9.50 Å². The van der Waals surface area contributed by atoms with Crippen LogP contribution in [0.4, 0.5) is 5.82 Å². The molecule has 1 N–H and O–H groups in total. The monoisotopic (exact) mass is 311 g/mol. The fourth-order valence-corrected chi connectivity index (χ4v) is 2.17. The first-order chi connectivity index (χ1) is 11.1. The van der Waals surface area contributed by atoms with E-state index in [-0.39, 0.29) is 12.5 Å². The van der Waals surface area contributed by atoms with Crippen LogP contribution in [0.5, 0.6) is 0 Å². The molecular formula is C16H17N5O2. The van der Waals surface area contributed by atoms with Crippen LogP contribution in [0, 0.1) is 13.8 Å². The Morgan fingerprint density at radius 2 is 1.96 bits per heavy atom. The van der Waals surface area contributed by atoms with Crippen molar-refractivity contribution in [2.24, 2.45) is 0 Å². The highest BCUT2D eigenvalue weighted by Gasteiger charge is 2.12. The molecular weight excluding hydrogens is 294 g/mol. The highest BCUT2D eigenvalue weighted by molar-refractivity contribution is 5.74. The van der Waals surface area contributed by atoms with Gasteiger partial charge in [0, 0.05) is 17.3 Å². The predicted octanol–water partition coefficient (Wildman–Crippen LogP) is 1.99. The Morgan fingerprint density at radius 1 is 1.22 bits per heavy atom. The second-order valence-corrected chi connectivity index (χ2v) is 5.23. The van der Waals surface area contributed by atoms with Crippen molar-refractivity contribution in [3.05, 3.63) is 41.6 Å². The number of carbonyl (C=O) groups excluding carboxylic acids is 1. The number of rotatable bonds is 4. The minimum Gasteiger partial charge on any atom is -0.468 e. The third-order valence-corrected chi connectivity index (χ3v) is 3.39. The smallest absolute Gasteiger partial charge is 0.325 e. The van der Waals surface area contributed by atoms with Crippen LogP contribution < -0.4 is 5.32 Å². The zero-order valence-corrected chi connectivity index (χ0v) is 13.2. The SMILES string of the molecule is COC(=O)CNc1cc(C)nc2nc(-c3ccc(C)cc3)nn12. The number of nitrogens with one attached hydrogen (secondary N) is 1. The lowest BCUT2D eigenvalue weighted by Gasteiger charge is -2.07. The average molecular weight is 311 g/mol. The van der Waals surface area contributed by atoms with Crippen LogP contribution in [0.1, 0.15) is 11.3 Å². The number of aromatic nitrogens is 4. The maximum Gasteiger partial charge on any atom is 0.325 e. The van der Waals surface area contributed by atoms with Gasteiger partial charge in [-0.3, -0.25) is 4.79 Å². The van der Waals surface area contributed by atoms with Crippen molar-refractivity contribution in [3.8, 4) is 11.4 Å². The van der Waals surface area contributed by atoms with Gasteiger partial charge in [-0.1, -0.05) is 29.8 Å². The lowest BCUT2D eigenvalue weighted by atomic mass is 10.1. The van der Waals surface area contributed by atoms with E-state index in [2.05, 4.69) is 25.1 Å². The van der Waals surface area contributed by atoms with E-state index in [1.807, 2.05) is 44.2 Å². The van der Waals surface area contributed by atoms with Crippen molar-refractivity contribution < 1.29 is 9.53 Å². The third kappa shape index (κ3) is 3.13. The summed E-state index contributed by atoms with van der Waals surface area (Å²) >= 11 is 0. The Balaban J connectivity index is 2.01. The Bertz CT molecular complexity index is 855. The summed E-state index contributed by atoms with van der Waals surface area (Å²) in [6.07, 6.45) is 0. The van der Waals surface area contributed by atoms with Gasteiger partial charge in [-0.05, 0) is 13.8 Å². The molecule has 0 amide bonds. The quantitative estimate of drug-likeness (QED) is 0.742. The average Bonchev–Trinajstić information content (AvgIpc) is 2.96. The molecule has 2 aromatic heterocycles. The Kier molecular flexibility index (Phi) is 3.92. The molecule has 2 heterocycles. The van der Waals surface area contributed by atoms with Crippen molar-refractivity contribution in [2.75, 3.05) is 19.0 Å². The minimum absolute atomic E-state index is 0.0504. The molecule has 7 nitrogen and oxygen atoms in total. The molecule has 0 fully saturated rings. The molecule has 0 bridgehead atoms. The summed E-state index contributed by atoms with van der Waals surface area (Å²) in [4.78, 5) is 20.2. The van der Waals surface area contributed by atoms with E-state index in [4.69, 9.17) is 0 Å². The molecule has 0 saturated carbocycles. The Labute approximate surface area is 133 Å². The van der Waals surface area contributed by atoms with Crippen LogP contribution in [0.25, 0.3) is 17.2 Å². The number of benzene rings is 1. The lowest BCUT2D eigenvalue weighted by molar-refractivity contribution is -0.138. The number of carbonyl (C=O) groups is 1. The Hall–Kier alpha value is -2.96. The molecule has 3 rings (SSSR count). The van der Waals surface area contributed by atoms with Gasteiger partial charge in [0.25, 0.3) is 5.78 Å². The summed E-state index contributed by atoms with van der Waals surface area (Å²) in [5.74, 6) is 1.35. The van der Waals surface area contributed by atoms with Crippen molar-refractivity contribution in [2.45, 2.75) is 13.8 Å². The van der Waals surface area contributed by atoms with Crippen molar-refractivity contribution in [3.63, 3.8) is 0 Å². The molecule has 0 atom stereocenters. The number of fused-ring (bicyclic) bond motifs is 1. The summed E-state index contributed by atoms with van der Waals surface area (Å²) in [6, 6.07) is 9.77. The van der Waals surface area contributed by atoms with Crippen molar-refractivity contribution >= 4 is 17.6 Å². The number of hydrogen-bond donors (Lipinski definition) is 1. The van der Waals surface area contributed by atoms with Gasteiger partial charge in [0.05, 0.1) is 7.11 Å². The fourth-order valence-electron chi connectivity index (χ4n) is 2.17. The molecule has 0 aliphatic rings. The standard InChI is InChI=1S/C16H17N5O2/c1-10-4-6-12(7-5-10)15-19-16-18-11(2)8-13(21(16)20-15)17-9-14(22)23-3/h4-8,17H,9H2,1-3H3. The van der Waals surface area contributed by atoms with E-state index < -0.39 is 0 Å². The van der Waals surface area contributed by atoms with Gasteiger partial charge in [-0.25, -0.2) is 4.98 Å². The van der Waals surface area contributed by atoms with Crippen LogP contribution >= 0.6 is 0 Å². The van der Waals surface area contributed by atoms with E-state index in [0.717, 1.165) is 11.3 Å². The molecule has 0 radical (unpaired) electrons. The lowest BCUT2D eigenvalue weighted by Crippen LogP contribution is -2.17. The number of ether oxygens (including phenoxy) is 1. The summed E-state index contributed by atoms with van der Waals surface area (Å²) in [5, 5.41) is 7.48. The fraction of sp³-hybridized carbons (Fsp3) is 0.250. The Morgan fingerprint density at radius 3 is 2.65 bits per heavy atom. The van der Waals surface area contributed by atoms with Gasteiger partial charge in [0.2, 0.25) is 0 Å². The minimum atomic E-state index is -0.355. The number of anilines is 1. The predicted molar refractivity (Wildman–Crippen MR) is 86.2 cm³/mol. The summed E-state index contributed by atoms with van der Waals surface area (Å²) in [7, 11) is 1.35. The molecule has 0 aliphatic carbocycles. The number of hydrogen-bond acceptors (Lipinski definition) is 6. The van der Waals surface area contributed by atoms with Gasteiger partial charge in [-0.15, -0.1) is 5.10 Å². The zero-order chi connectivity index (χ0) is 16.4. The van der Waals surface area contributed by atoms with E-state index >= 15 is 0 Å². The van der Waals surface area contributed by atoms with E-state index in [1.54, 1.807) is 4.52 Å². The van der Waals surface area contributed by atoms with Crippen LogP contribution in [0.3, 0.4) is 0 Å². The van der Waals surface area contributed by atoms with Gasteiger partial charge in [0.1, 0.15) is 12.4 Å². The molecule has 1 aromatic carbocycles. The van der Waals surface area contributed by atoms with Crippen LogP contribution in [-0.4, -0.2) is 39.2 Å². The normalized spacial score (nSPS) is 10.7. The molecule has 0 unspecified atom stereocenters. The number of aryl methyl sites for hydroxylation is 2. The molecule has 3 aromatic rings. The second kappa shape index (κ2) is 6.04. The molecule has 0 spiro atoms. The largest absolute Gasteiger partial charge is 0.468 e. The molecule has 23 heavy (non-hydrogen) atoms. The summed E-state index contributed by atoms with van der Waals surface area (Å²) in [5.41, 5.74) is 2.87.